The van der Waals surface area contributed by atoms with Crippen LogP contribution in [0.15, 0.2) is 35.2 Å². The van der Waals surface area contributed by atoms with Gasteiger partial charge in [0.05, 0.1) is 9.71 Å². The lowest BCUT2D eigenvalue weighted by atomic mass is 10.4. The third kappa shape index (κ3) is 2.86. The van der Waals surface area contributed by atoms with Crippen LogP contribution < -0.4 is 5.14 Å². The summed E-state index contributed by atoms with van der Waals surface area (Å²) >= 11 is 0. The van der Waals surface area contributed by atoms with E-state index in [1.807, 2.05) is 25.1 Å². The topological polar surface area (TPSA) is 43.1 Å². The van der Waals surface area contributed by atoms with Gasteiger partial charge in [-0.25, -0.2) is 4.21 Å². The summed E-state index contributed by atoms with van der Waals surface area (Å²) in [6.07, 6.45) is 1.77. The van der Waals surface area contributed by atoms with Gasteiger partial charge in [-0.05, 0) is 23.9 Å². The zero-order valence-corrected chi connectivity index (χ0v) is 8.59. The second kappa shape index (κ2) is 4.44. The van der Waals surface area contributed by atoms with E-state index in [9.17, 15) is 4.21 Å². The van der Waals surface area contributed by atoms with Crippen molar-refractivity contribution in [2.75, 3.05) is 0 Å². The molecule has 0 spiro atoms. The maximum Gasteiger partial charge on any atom is 0.0538 e. The number of nitrogens with two attached hydrogens (primary N) is 1. The quantitative estimate of drug-likeness (QED) is 0.738. The highest BCUT2D eigenvalue weighted by Gasteiger charge is 2.01. The number of rotatable bonds is 3. The van der Waals surface area contributed by atoms with Gasteiger partial charge in [0.1, 0.15) is 0 Å². The molecule has 1 aromatic carbocycles. The van der Waals surface area contributed by atoms with Gasteiger partial charge in [0.15, 0.2) is 0 Å². The summed E-state index contributed by atoms with van der Waals surface area (Å²) < 4.78 is 11.9. The molecule has 0 aliphatic rings. The highest BCUT2D eigenvalue weighted by atomic mass is 32.2. The van der Waals surface area contributed by atoms with E-state index in [4.69, 9.17) is 5.14 Å². The van der Waals surface area contributed by atoms with E-state index in [2.05, 4.69) is 0 Å². The highest BCUT2D eigenvalue weighted by molar-refractivity contribution is 7.99. The van der Waals surface area contributed by atoms with E-state index in [1.54, 1.807) is 17.5 Å². The van der Waals surface area contributed by atoms with Crippen molar-refractivity contribution in [3.05, 3.63) is 30.3 Å². The fourth-order valence-electron chi connectivity index (χ4n) is 1.02. The average molecular weight is 197 g/mol. The first-order valence-electron chi connectivity index (χ1n) is 4.37. The van der Waals surface area contributed by atoms with Crippen molar-refractivity contribution in [2.45, 2.75) is 24.7 Å². The summed E-state index contributed by atoms with van der Waals surface area (Å²) in [6, 6.07) is 9.19. The van der Waals surface area contributed by atoms with E-state index in [0.717, 1.165) is 12.8 Å². The molecule has 0 saturated carbocycles. The van der Waals surface area contributed by atoms with Crippen molar-refractivity contribution >= 4 is 15.1 Å². The molecule has 0 aliphatic carbocycles. The maximum atomic E-state index is 11.9. The molecule has 1 rings (SSSR count). The van der Waals surface area contributed by atoms with E-state index in [-0.39, 0.29) is 0 Å². The van der Waals surface area contributed by atoms with Crippen LogP contribution in [-0.4, -0.2) is 9.58 Å². The van der Waals surface area contributed by atoms with Gasteiger partial charge in [-0.2, -0.15) is 0 Å². The number of benzene rings is 1. The average Bonchev–Trinajstić information content (AvgIpc) is 2.16. The number of hydrogen-bond acceptors (Lipinski definition) is 1. The first kappa shape index (κ1) is 10.3. The van der Waals surface area contributed by atoms with Gasteiger partial charge in [0, 0.05) is 4.90 Å². The molecule has 72 valence electrons. The second-order valence-electron chi connectivity index (χ2n) is 2.92. The summed E-state index contributed by atoms with van der Waals surface area (Å²) in [5.41, 5.74) is 0. The zero-order chi connectivity index (χ0) is 9.73. The minimum Gasteiger partial charge on any atom is -0.255 e. The Kier molecular flexibility index (Phi) is 3.51. The molecule has 0 heterocycles. The van der Waals surface area contributed by atoms with Gasteiger partial charge >= 0.3 is 0 Å². The van der Waals surface area contributed by atoms with Crippen LogP contribution in [0, 0.1) is 0 Å². The SMILES string of the molecule is CCCC=S(N)(=O)c1ccccc1. The Morgan fingerprint density at radius 3 is 2.54 bits per heavy atom. The zero-order valence-electron chi connectivity index (χ0n) is 7.77. The van der Waals surface area contributed by atoms with Gasteiger partial charge in [0.2, 0.25) is 0 Å². The predicted molar refractivity (Wildman–Crippen MR) is 58.0 cm³/mol. The summed E-state index contributed by atoms with van der Waals surface area (Å²) in [7, 11) is -2.40. The molecule has 3 heteroatoms. The lowest BCUT2D eigenvalue weighted by molar-refractivity contribution is 0.682. The third-order valence-corrected chi connectivity index (χ3v) is 3.51. The minimum absolute atomic E-state index is 0.712. The van der Waals surface area contributed by atoms with Crippen LogP contribution in [0.1, 0.15) is 19.8 Å². The van der Waals surface area contributed by atoms with E-state index < -0.39 is 9.71 Å². The van der Waals surface area contributed by atoms with Crippen LogP contribution in [-0.2, 0) is 9.71 Å². The summed E-state index contributed by atoms with van der Waals surface area (Å²) in [6.45, 7) is 2.04. The predicted octanol–water partition coefficient (Wildman–Crippen LogP) is 1.81. The standard InChI is InChI=1S/C10H15NOS/c1-2-3-9-13(11,12)10-7-5-4-6-8-10/h4-9H,2-3H2,1H3,(H2,11,12). The number of hydrogen-bond donors (Lipinski definition) is 1. The first-order chi connectivity index (χ1) is 6.17. The molecule has 1 atom stereocenters. The van der Waals surface area contributed by atoms with Crippen LogP contribution in [0.25, 0.3) is 0 Å². The van der Waals surface area contributed by atoms with Crippen molar-refractivity contribution in [1.82, 2.24) is 0 Å². The molecule has 2 N–H and O–H groups in total. The molecule has 13 heavy (non-hydrogen) atoms. The third-order valence-electron chi connectivity index (χ3n) is 1.77. The molecule has 0 radical (unpaired) electrons. The van der Waals surface area contributed by atoms with Gasteiger partial charge in [0.25, 0.3) is 0 Å². The summed E-state index contributed by atoms with van der Waals surface area (Å²) in [5, 5.41) is 7.41. The van der Waals surface area contributed by atoms with Gasteiger partial charge in [-0.3, -0.25) is 5.14 Å². The van der Waals surface area contributed by atoms with Crippen LogP contribution in [0.4, 0.5) is 0 Å². The van der Waals surface area contributed by atoms with Crippen LogP contribution >= 0.6 is 0 Å². The molecular formula is C10H15NOS. The molecule has 0 aliphatic heterocycles. The molecule has 2 nitrogen and oxygen atoms in total. The Morgan fingerprint density at radius 1 is 1.38 bits per heavy atom. The van der Waals surface area contributed by atoms with Gasteiger partial charge in [-0.15, -0.1) is 0 Å². The molecule has 0 bridgehead atoms. The van der Waals surface area contributed by atoms with Crippen LogP contribution in [0.5, 0.6) is 0 Å². The van der Waals surface area contributed by atoms with Gasteiger partial charge in [-0.1, -0.05) is 31.5 Å². The van der Waals surface area contributed by atoms with Crippen LogP contribution in [0.2, 0.25) is 0 Å². The Bertz CT molecular complexity index is 364. The van der Waals surface area contributed by atoms with Crippen molar-refractivity contribution in [3.8, 4) is 0 Å². The molecular weight excluding hydrogens is 182 g/mol. The summed E-state index contributed by atoms with van der Waals surface area (Å²) in [4.78, 5) is 0.712. The van der Waals surface area contributed by atoms with E-state index in [1.165, 1.54) is 0 Å². The largest absolute Gasteiger partial charge is 0.255 e. The Labute approximate surface area is 79.9 Å². The monoisotopic (exact) mass is 197 g/mol. The molecule has 1 aromatic rings. The van der Waals surface area contributed by atoms with Crippen LogP contribution in [0.3, 0.4) is 0 Å². The second-order valence-corrected chi connectivity index (χ2v) is 5.02. The van der Waals surface area contributed by atoms with Crippen molar-refractivity contribution in [1.29, 1.82) is 0 Å². The molecule has 0 fully saturated rings. The van der Waals surface area contributed by atoms with E-state index >= 15 is 0 Å². The Morgan fingerprint density at radius 2 is 2.00 bits per heavy atom. The molecule has 0 amide bonds. The Balaban J connectivity index is 3.01. The molecule has 0 aromatic heterocycles. The Hall–Kier alpha value is -0.800. The fourth-order valence-corrected chi connectivity index (χ4v) is 2.38. The lowest BCUT2D eigenvalue weighted by Crippen LogP contribution is -2.15. The van der Waals surface area contributed by atoms with Gasteiger partial charge < -0.3 is 0 Å². The van der Waals surface area contributed by atoms with Crippen molar-refractivity contribution in [2.24, 2.45) is 5.14 Å². The molecule has 1 unspecified atom stereocenters. The maximum absolute atomic E-state index is 11.9. The molecule has 0 saturated heterocycles. The van der Waals surface area contributed by atoms with E-state index in [0.29, 0.717) is 4.90 Å². The highest BCUT2D eigenvalue weighted by Crippen LogP contribution is 2.05. The summed E-state index contributed by atoms with van der Waals surface area (Å²) in [5.74, 6) is 0. The smallest absolute Gasteiger partial charge is 0.0538 e. The van der Waals surface area contributed by atoms with Crippen molar-refractivity contribution in [3.63, 3.8) is 0 Å². The lowest BCUT2D eigenvalue weighted by Gasteiger charge is -2.03. The normalized spacial score (nSPS) is 14.9. The first-order valence-corrected chi connectivity index (χ1v) is 6.05. The number of unbranched alkanes of at least 4 members (excludes halogenated alkanes) is 1. The fraction of sp³-hybridized carbons (Fsp3) is 0.300. The van der Waals surface area contributed by atoms with Crippen molar-refractivity contribution < 1.29 is 4.21 Å². The minimum atomic E-state index is -2.40.